The summed E-state index contributed by atoms with van der Waals surface area (Å²) in [5.41, 5.74) is 0.866. The topological polar surface area (TPSA) is 32.8 Å². The van der Waals surface area contributed by atoms with Gasteiger partial charge in [0.1, 0.15) is 4.32 Å². The number of carbonyl (C=O) groups is 1. The highest BCUT2D eigenvalue weighted by molar-refractivity contribution is 8.32. The lowest BCUT2D eigenvalue weighted by atomic mass is 10.3. The lowest BCUT2D eigenvalue weighted by Gasteiger charge is -2.28. The molecule has 0 spiro atoms. The molecule has 1 aliphatic rings. The third kappa shape index (κ3) is 3.92. The second kappa shape index (κ2) is 6.88. The predicted octanol–water partition coefficient (Wildman–Crippen LogP) is 2.59. The Hall–Kier alpha value is -1.11. The van der Waals surface area contributed by atoms with Crippen molar-refractivity contribution >= 4 is 39.2 Å². The summed E-state index contributed by atoms with van der Waals surface area (Å²) in [6, 6.07) is 9.54. The first-order valence-electron chi connectivity index (χ1n) is 6.06. The minimum absolute atomic E-state index is 0.0670. The zero-order chi connectivity index (χ0) is 13.7. The number of anilines is 1. The molecule has 2 rings (SSSR count). The Bertz CT molecular complexity index is 447. The molecule has 0 radical (unpaired) electrons. The van der Waals surface area contributed by atoms with E-state index in [0.717, 1.165) is 30.5 Å². The van der Waals surface area contributed by atoms with Crippen molar-refractivity contribution in [3.05, 3.63) is 30.3 Å². The summed E-state index contributed by atoms with van der Waals surface area (Å²) >= 11 is 6.40. The summed E-state index contributed by atoms with van der Waals surface area (Å²) in [6.45, 7) is 2.86. The molecule has 0 N–H and O–H groups in total. The number of hydrogen-bond acceptors (Lipinski definition) is 4. The maximum absolute atomic E-state index is 12.1. The quantitative estimate of drug-likeness (QED) is 0.744. The molecule has 0 aromatic heterocycles. The maximum atomic E-state index is 12.1. The third-order valence-electron chi connectivity index (χ3n) is 2.86. The molecule has 102 valence electrons. The summed E-state index contributed by atoms with van der Waals surface area (Å²) in [4.78, 5) is 15.8. The van der Waals surface area contributed by atoms with Gasteiger partial charge in [-0.2, -0.15) is 0 Å². The van der Waals surface area contributed by atoms with Gasteiger partial charge in [-0.25, -0.2) is 0 Å². The Balaban J connectivity index is 1.91. The molecule has 1 heterocycles. The van der Waals surface area contributed by atoms with Crippen molar-refractivity contribution in [1.29, 1.82) is 0 Å². The summed E-state index contributed by atoms with van der Waals surface area (Å²) in [6.07, 6.45) is 0. The van der Waals surface area contributed by atoms with Crippen molar-refractivity contribution in [3.8, 4) is 0 Å². The third-order valence-corrected chi connectivity index (χ3v) is 4.25. The lowest BCUT2D eigenvalue weighted by molar-refractivity contribution is 0.0702. The number of nitrogens with zero attached hydrogens (tertiary/aromatic N) is 2. The molecule has 4 nitrogen and oxygen atoms in total. The number of carbonyl (C=O) groups excluding carboxylic acids is 1. The zero-order valence-corrected chi connectivity index (χ0v) is 12.4. The molecule has 6 heteroatoms. The maximum Gasteiger partial charge on any atom is 0.292 e. The summed E-state index contributed by atoms with van der Waals surface area (Å²) in [5, 5.41) is -0.0670. The van der Waals surface area contributed by atoms with Gasteiger partial charge in [0.25, 0.3) is 5.24 Å². The Kier molecular flexibility index (Phi) is 5.18. The van der Waals surface area contributed by atoms with Gasteiger partial charge in [0.05, 0.1) is 13.2 Å². The monoisotopic (exact) mass is 296 g/mol. The molecule has 0 saturated carbocycles. The SMILES string of the molecule is CN(C(=O)SC(=S)N1CCOCC1)c1ccccc1. The summed E-state index contributed by atoms with van der Waals surface area (Å²) in [5.74, 6) is 0. The first-order valence-corrected chi connectivity index (χ1v) is 7.28. The molecule has 1 aromatic carbocycles. The second-order valence-electron chi connectivity index (χ2n) is 4.13. The molecule has 1 aromatic rings. The first-order chi connectivity index (χ1) is 9.18. The smallest absolute Gasteiger partial charge is 0.292 e. The lowest BCUT2D eigenvalue weighted by Crippen LogP contribution is -2.39. The molecule has 0 unspecified atom stereocenters. The van der Waals surface area contributed by atoms with Crippen molar-refractivity contribution < 1.29 is 9.53 Å². The van der Waals surface area contributed by atoms with E-state index in [0.29, 0.717) is 17.5 Å². The molecule has 0 aliphatic carbocycles. The zero-order valence-electron chi connectivity index (χ0n) is 10.7. The number of thiocarbonyl (C=S) groups is 1. The van der Waals surface area contributed by atoms with E-state index in [4.69, 9.17) is 17.0 Å². The molecule has 1 aliphatic heterocycles. The average molecular weight is 296 g/mol. The van der Waals surface area contributed by atoms with Crippen molar-refractivity contribution in [2.75, 3.05) is 38.3 Å². The number of ether oxygens (including phenoxy) is 1. The van der Waals surface area contributed by atoms with E-state index in [1.54, 1.807) is 11.9 Å². The van der Waals surface area contributed by atoms with E-state index in [-0.39, 0.29) is 5.24 Å². The number of benzene rings is 1. The van der Waals surface area contributed by atoms with Crippen molar-refractivity contribution in [3.63, 3.8) is 0 Å². The standard InChI is InChI=1S/C13H16N2O2S2/c1-14(11-5-3-2-4-6-11)12(16)19-13(18)15-7-9-17-10-8-15/h2-6H,7-10H2,1H3. The largest absolute Gasteiger partial charge is 0.378 e. The Morgan fingerprint density at radius 2 is 1.95 bits per heavy atom. The van der Waals surface area contributed by atoms with Crippen LogP contribution < -0.4 is 4.90 Å². The van der Waals surface area contributed by atoms with Crippen LogP contribution in [0.25, 0.3) is 0 Å². The van der Waals surface area contributed by atoms with Gasteiger partial charge in [-0.1, -0.05) is 30.4 Å². The van der Waals surface area contributed by atoms with E-state index in [1.165, 1.54) is 0 Å². The molecule has 0 atom stereocenters. The fourth-order valence-corrected chi connectivity index (χ4v) is 2.81. The number of hydrogen-bond donors (Lipinski definition) is 0. The van der Waals surface area contributed by atoms with Crippen LogP contribution in [0.2, 0.25) is 0 Å². The van der Waals surface area contributed by atoms with Gasteiger partial charge in [-0.15, -0.1) is 0 Å². The van der Waals surface area contributed by atoms with Crippen LogP contribution in [0.4, 0.5) is 10.5 Å². The van der Waals surface area contributed by atoms with Crippen LogP contribution >= 0.6 is 24.0 Å². The first kappa shape index (κ1) is 14.3. The van der Waals surface area contributed by atoms with Gasteiger partial charge in [-0.3, -0.25) is 4.79 Å². The number of thioether (sulfide) groups is 1. The van der Waals surface area contributed by atoms with Crippen molar-refractivity contribution in [2.24, 2.45) is 0 Å². The fourth-order valence-electron chi connectivity index (χ4n) is 1.71. The molecule has 1 amide bonds. The van der Waals surface area contributed by atoms with Crippen LogP contribution in [-0.2, 0) is 4.74 Å². The van der Waals surface area contributed by atoms with Crippen LogP contribution in [0.3, 0.4) is 0 Å². The van der Waals surface area contributed by atoms with E-state index in [2.05, 4.69) is 0 Å². The van der Waals surface area contributed by atoms with Crippen molar-refractivity contribution in [1.82, 2.24) is 4.90 Å². The minimum Gasteiger partial charge on any atom is -0.378 e. The van der Waals surface area contributed by atoms with Gasteiger partial charge in [0.15, 0.2) is 0 Å². The van der Waals surface area contributed by atoms with E-state index in [1.807, 2.05) is 35.2 Å². The highest BCUT2D eigenvalue weighted by Crippen LogP contribution is 2.20. The Morgan fingerprint density at radius 1 is 1.32 bits per heavy atom. The number of para-hydroxylation sites is 1. The normalized spacial score (nSPS) is 15.1. The molecular weight excluding hydrogens is 280 g/mol. The van der Waals surface area contributed by atoms with Crippen LogP contribution in [0, 0.1) is 0 Å². The van der Waals surface area contributed by atoms with Gasteiger partial charge < -0.3 is 14.5 Å². The highest BCUT2D eigenvalue weighted by atomic mass is 32.2. The number of amides is 1. The Morgan fingerprint density at radius 3 is 2.58 bits per heavy atom. The van der Waals surface area contributed by atoms with Crippen LogP contribution in [0.1, 0.15) is 0 Å². The molecule has 0 bridgehead atoms. The Labute approximate surface area is 122 Å². The predicted molar refractivity (Wildman–Crippen MR) is 82.8 cm³/mol. The van der Waals surface area contributed by atoms with Crippen LogP contribution in [0.5, 0.6) is 0 Å². The molecule has 1 saturated heterocycles. The summed E-state index contributed by atoms with van der Waals surface area (Å²) in [7, 11) is 1.76. The number of rotatable bonds is 1. The highest BCUT2D eigenvalue weighted by Gasteiger charge is 2.19. The molecule has 19 heavy (non-hydrogen) atoms. The second-order valence-corrected chi connectivity index (χ2v) is 5.71. The summed E-state index contributed by atoms with van der Waals surface area (Å²) < 4.78 is 5.89. The van der Waals surface area contributed by atoms with Gasteiger partial charge >= 0.3 is 0 Å². The molecular formula is C13H16N2O2S2. The van der Waals surface area contributed by atoms with Crippen LogP contribution in [0.15, 0.2) is 30.3 Å². The van der Waals surface area contributed by atoms with Crippen molar-refractivity contribution in [2.45, 2.75) is 0 Å². The van der Waals surface area contributed by atoms with E-state index >= 15 is 0 Å². The fraction of sp³-hybridized carbons (Fsp3) is 0.385. The molecule has 1 fully saturated rings. The minimum atomic E-state index is -0.0670. The van der Waals surface area contributed by atoms with Gasteiger partial charge in [0, 0.05) is 37.6 Å². The van der Waals surface area contributed by atoms with Crippen LogP contribution in [-0.4, -0.2) is 47.8 Å². The average Bonchev–Trinajstić information content (AvgIpc) is 2.48. The van der Waals surface area contributed by atoms with E-state index in [9.17, 15) is 4.79 Å². The number of morpholine rings is 1. The van der Waals surface area contributed by atoms with E-state index < -0.39 is 0 Å². The van der Waals surface area contributed by atoms with Gasteiger partial charge in [-0.05, 0) is 12.1 Å². The van der Waals surface area contributed by atoms with Gasteiger partial charge in [0.2, 0.25) is 0 Å².